The van der Waals surface area contributed by atoms with E-state index in [1.165, 1.54) is 0 Å². The van der Waals surface area contributed by atoms with E-state index in [0.717, 1.165) is 6.07 Å². The Morgan fingerprint density at radius 1 is 1.30 bits per heavy atom. The maximum atomic E-state index is 13.4. The Morgan fingerprint density at radius 3 is 2.70 bits per heavy atom. The summed E-state index contributed by atoms with van der Waals surface area (Å²) in [7, 11) is 0. The molecule has 106 valence electrons. The summed E-state index contributed by atoms with van der Waals surface area (Å²) in [5, 5.41) is 6.11. The Bertz CT molecular complexity index is 641. The Hall–Kier alpha value is -2.31. The van der Waals surface area contributed by atoms with Crippen molar-refractivity contribution in [2.24, 2.45) is 0 Å². The molecule has 1 amide bonds. The minimum atomic E-state index is -1.66. The smallest absolute Gasteiger partial charge is 0.254 e. The van der Waals surface area contributed by atoms with Crippen LogP contribution in [0.25, 0.3) is 0 Å². The van der Waals surface area contributed by atoms with Gasteiger partial charge in [0.25, 0.3) is 5.91 Å². The van der Waals surface area contributed by atoms with Gasteiger partial charge in [-0.05, 0) is 19.1 Å². The van der Waals surface area contributed by atoms with Crippen LogP contribution in [-0.4, -0.2) is 17.6 Å². The van der Waals surface area contributed by atoms with Gasteiger partial charge in [-0.1, -0.05) is 5.16 Å². The number of amides is 1. The van der Waals surface area contributed by atoms with Crippen LogP contribution in [0.5, 0.6) is 0 Å². The summed E-state index contributed by atoms with van der Waals surface area (Å²) < 4.78 is 43.9. The van der Waals surface area contributed by atoms with Crippen molar-refractivity contribution in [3.63, 3.8) is 0 Å². The van der Waals surface area contributed by atoms with Gasteiger partial charge in [-0.2, -0.15) is 0 Å². The van der Waals surface area contributed by atoms with Crippen molar-refractivity contribution in [2.45, 2.75) is 13.3 Å². The molecule has 0 unspecified atom stereocenters. The topological polar surface area (TPSA) is 55.1 Å². The molecule has 7 heteroatoms. The zero-order chi connectivity index (χ0) is 14.7. The number of hydrogen-bond donors (Lipinski definition) is 1. The number of nitrogens with zero attached hydrogens (tertiary/aromatic N) is 1. The minimum absolute atomic E-state index is 0.170. The number of benzene rings is 1. The molecule has 1 aromatic carbocycles. The van der Waals surface area contributed by atoms with Crippen LogP contribution in [0, 0.1) is 24.4 Å². The highest BCUT2D eigenvalue weighted by molar-refractivity contribution is 5.94. The average Bonchev–Trinajstić information content (AvgIpc) is 2.82. The fraction of sp³-hybridized carbons (Fsp3) is 0.231. The summed E-state index contributed by atoms with van der Waals surface area (Å²) in [6.45, 7) is 1.90. The van der Waals surface area contributed by atoms with E-state index >= 15 is 0 Å². The first-order valence-electron chi connectivity index (χ1n) is 5.83. The lowest BCUT2D eigenvalue weighted by Crippen LogP contribution is -2.27. The molecule has 0 aliphatic rings. The fourth-order valence-corrected chi connectivity index (χ4v) is 1.64. The van der Waals surface area contributed by atoms with Crippen molar-refractivity contribution in [3.05, 3.63) is 52.7 Å². The van der Waals surface area contributed by atoms with Gasteiger partial charge in [0.2, 0.25) is 0 Å². The summed E-state index contributed by atoms with van der Waals surface area (Å²) in [6, 6.07) is 3.29. The molecule has 0 spiro atoms. The van der Waals surface area contributed by atoms with Gasteiger partial charge in [0.1, 0.15) is 5.76 Å². The second-order valence-electron chi connectivity index (χ2n) is 4.16. The second kappa shape index (κ2) is 5.77. The Morgan fingerprint density at radius 2 is 2.05 bits per heavy atom. The zero-order valence-corrected chi connectivity index (χ0v) is 10.5. The third-order valence-corrected chi connectivity index (χ3v) is 2.62. The van der Waals surface area contributed by atoms with Gasteiger partial charge in [-0.25, -0.2) is 13.2 Å². The van der Waals surface area contributed by atoms with E-state index in [9.17, 15) is 18.0 Å². The summed E-state index contributed by atoms with van der Waals surface area (Å²) >= 11 is 0. The van der Waals surface area contributed by atoms with Crippen molar-refractivity contribution < 1.29 is 22.5 Å². The van der Waals surface area contributed by atoms with Gasteiger partial charge < -0.3 is 9.84 Å². The zero-order valence-electron chi connectivity index (χ0n) is 10.5. The van der Waals surface area contributed by atoms with E-state index in [1.54, 1.807) is 13.0 Å². The number of hydrogen-bond acceptors (Lipinski definition) is 3. The van der Waals surface area contributed by atoms with Gasteiger partial charge >= 0.3 is 0 Å². The van der Waals surface area contributed by atoms with Gasteiger partial charge in [0.15, 0.2) is 17.5 Å². The standard InChI is InChI=1S/C13H11F3N2O2/c1-7-6-8(18-20-7)4-5-17-13(19)9-2-3-10(14)12(16)11(9)15/h2-3,6H,4-5H2,1H3,(H,17,19). The molecule has 2 rings (SSSR count). The van der Waals surface area contributed by atoms with Crippen molar-refractivity contribution >= 4 is 5.91 Å². The normalized spacial score (nSPS) is 10.6. The molecule has 2 aromatic rings. The minimum Gasteiger partial charge on any atom is -0.361 e. The summed E-state index contributed by atoms with van der Waals surface area (Å²) in [5.41, 5.74) is 0.0915. The van der Waals surface area contributed by atoms with Crippen LogP contribution < -0.4 is 5.32 Å². The van der Waals surface area contributed by atoms with Crippen LogP contribution in [0.4, 0.5) is 13.2 Å². The number of halogens is 3. The van der Waals surface area contributed by atoms with Crippen LogP contribution in [0.2, 0.25) is 0 Å². The number of nitrogens with one attached hydrogen (secondary N) is 1. The van der Waals surface area contributed by atoms with E-state index in [2.05, 4.69) is 10.5 Å². The molecule has 0 saturated heterocycles. The lowest BCUT2D eigenvalue weighted by atomic mass is 10.2. The molecule has 1 aromatic heterocycles. The van der Waals surface area contributed by atoms with Crippen LogP contribution in [0.15, 0.2) is 22.7 Å². The average molecular weight is 284 g/mol. The second-order valence-corrected chi connectivity index (χ2v) is 4.16. The third-order valence-electron chi connectivity index (χ3n) is 2.62. The molecular formula is C13H11F3N2O2. The fourth-order valence-electron chi connectivity index (χ4n) is 1.64. The molecule has 0 aliphatic heterocycles. The van der Waals surface area contributed by atoms with Crippen molar-refractivity contribution in [1.29, 1.82) is 0 Å². The number of rotatable bonds is 4. The van der Waals surface area contributed by atoms with E-state index in [-0.39, 0.29) is 6.54 Å². The first kappa shape index (κ1) is 14.1. The van der Waals surface area contributed by atoms with Gasteiger partial charge in [0.05, 0.1) is 11.3 Å². The molecule has 0 fully saturated rings. The summed E-state index contributed by atoms with van der Waals surface area (Å²) in [4.78, 5) is 11.6. The monoisotopic (exact) mass is 284 g/mol. The predicted octanol–water partition coefficient (Wildman–Crippen LogP) is 2.37. The lowest BCUT2D eigenvalue weighted by molar-refractivity contribution is 0.0948. The Balaban J connectivity index is 1.97. The highest BCUT2D eigenvalue weighted by atomic mass is 19.2. The van der Waals surface area contributed by atoms with E-state index in [0.29, 0.717) is 23.9 Å². The molecule has 4 nitrogen and oxygen atoms in total. The van der Waals surface area contributed by atoms with Crippen LogP contribution in [0.1, 0.15) is 21.8 Å². The number of carbonyl (C=O) groups excluding carboxylic acids is 1. The van der Waals surface area contributed by atoms with Crippen LogP contribution in [-0.2, 0) is 6.42 Å². The van der Waals surface area contributed by atoms with E-state index in [1.807, 2.05) is 0 Å². The van der Waals surface area contributed by atoms with E-state index < -0.39 is 28.9 Å². The lowest BCUT2D eigenvalue weighted by Gasteiger charge is -2.05. The predicted molar refractivity (Wildman–Crippen MR) is 63.6 cm³/mol. The Kier molecular flexibility index (Phi) is 4.07. The molecule has 0 radical (unpaired) electrons. The third kappa shape index (κ3) is 2.98. The highest BCUT2D eigenvalue weighted by Crippen LogP contribution is 2.15. The first-order chi connectivity index (χ1) is 9.49. The molecule has 0 saturated carbocycles. The number of aromatic nitrogens is 1. The number of aryl methyl sites for hydroxylation is 1. The first-order valence-corrected chi connectivity index (χ1v) is 5.83. The molecular weight excluding hydrogens is 273 g/mol. The van der Waals surface area contributed by atoms with Crippen LogP contribution >= 0.6 is 0 Å². The van der Waals surface area contributed by atoms with Gasteiger partial charge in [-0.15, -0.1) is 0 Å². The van der Waals surface area contributed by atoms with E-state index in [4.69, 9.17) is 4.52 Å². The summed E-state index contributed by atoms with van der Waals surface area (Å²) in [5.74, 6) is -4.68. The molecule has 0 atom stereocenters. The van der Waals surface area contributed by atoms with Crippen molar-refractivity contribution in [2.75, 3.05) is 6.54 Å². The van der Waals surface area contributed by atoms with Crippen molar-refractivity contribution in [3.8, 4) is 0 Å². The molecule has 0 aliphatic carbocycles. The van der Waals surface area contributed by atoms with Crippen molar-refractivity contribution in [1.82, 2.24) is 10.5 Å². The molecule has 1 N–H and O–H groups in total. The van der Waals surface area contributed by atoms with Crippen LogP contribution in [0.3, 0.4) is 0 Å². The maximum Gasteiger partial charge on any atom is 0.254 e. The largest absolute Gasteiger partial charge is 0.361 e. The molecule has 1 heterocycles. The highest BCUT2D eigenvalue weighted by Gasteiger charge is 2.18. The molecule has 0 bridgehead atoms. The number of carbonyl (C=O) groups is 1. The quantitative estimate of drug-likeness (QED) is 0.877. The summed E-state index contributed by atoms with van der Waals surface area (Å²) in [6.07, 6.45) is 0.383. The Labute approximate surface area is 112 Å². The van der Waals surface area contributed by atoms with Gasteiger partial charge in [-0.3, -0.25) is 4.79 Å². The molecule has 20 heavy (non-hydrogen) atoms. The SMILES string of the molecule is Cc1cc(CCNC(=O)c2ccc(F)c(F)c2F)no1. The van der Waals surface area contributed by atoms with Gasteiger partial charge in [0, 0.05) is 19.0 Å². The maximum absolute atomic E-state index is 13.4.